The highest BCUT2D eigenvalue weighted by Crippen LogP contribution is 2.31. The maximum Gasteiger partial charge on any atom is 0.326 e. The quantitative estimate of drug-likeness (QED) is 0.314. The van der Waals surface area contributed by atoms with Crippen LogP contribution >= 0.6 is 0 Å². The van der Waals surface area contributed by atoms with Crippen LogP contribution in [0.15, 0.2) is 18.2 Å². The lowest BCUT2D eigenvalue weighted by atomic mass is 9.88. The molecule has 0 bridgehead atoms. The van der Waals surface area contributed by atoms with Gasteiger partial charge in [-0.1, -0.05) is 33.8 Å². The lowest BCUT2D eigenvalue weighted by Crippen LogP contribution is -2.51. The minimum Gasteiger partial charge on any atom is -0.468 e. The van der Waals surface area contributed by atoms with Gasteiger partial charge in [0.05, 0.1) is 13.7 Å². The fourth-order valence-corrected chi connectivity index (χ4v) is 3.15. The number of ether oxygens (including phenoxy) is 4. The van der Waals surface area contributed by atoms with Gasteiger partial charge in [0.25, 0.3) is 0 Å². The largest absolute Gasteiger partial charge is 0.468 e. The molecule has 0 spiro atoms. The van der Waals surface area contributed by atoms with Crippen LogP contribution in [-0.2, 0) is 35.1 Å². The molecule has 0 radical (unpaired) electrons. The fraction of sp³-hybridized carbons (Fsp3) is 0.600. The lowest BCUT2D eigenvalue weighted by molar-refractivity contribution is -0.151. The summed E-state index contributed by atoms with van der Waals surface area (Å²) >= 11 is 0. The zero-order chi connectivity index (χ0) is 25.7. The van der Waals surface area contributed by atoms with Crippen molar-refractivity contribution in [3.05, 3.63) is 23.8 Å². The summed E-state index contributed by atoms with van der Waals surface area (Å²) in [5, 5.41) is 0. The van der Waals surface area contributed by atoms with Gasteiger partial charge >= 0.3 is 23.9 Å². The Bertz CT molecular complexity index is 851. The number of methoxy groups -OCH3 is 1. The highest BCUT2D eigenvalue weighted by atomic mass is 16.6. The highest BCUT2D eigenvalue weighted by molar-refractivity contribution is 5.81. The number of hydrogen-bond donors (Lipinski definition) is 1. The number of carbonyl (C=O) groups is 4. The number of nitrogens with two attached hydrogens (primary N) is 1. The van der Waals surface area contributed by atoms with Gasteiger partial charge in [-0.25, -0.2) is 0 Å². The van der Waals surface area contributed by atoms with E-state index in [2.05, 4.69) is 0 Å². The van der Waals surface area contributed by atoms with Crippen LogP contribution in [0, 0.1) is 5.92 Å². The maximum atomic E-state index is 12.5. The number of benzene rings is 1. The van der Waals surface area contributed by atoms with Gasteiger partial charge < -0.3 is 24.7 Å². The molecule has 0 saturated heterocycles. The smallest absolute Gasteiger partial charge is 0.326 e. The van der Waals surface area contributed by atoms with Crippen molar-refractivity contribution in [2.24, 2.45) is 11.7 Å². The first-order valence-electron chi connectivity index (χ1n) is 11.6. The van der Waals surface area contributed by atoms with Crippen molar-refractivity contribution in [3.8, 4) is 11.5 Å². The molecular formula is C25H37NO8. The third-order valence-corrected chi connectivity index (χ3v) is 4.86. The molecule has 0 fully saturated rings. The Hall–Kier alpha value is -2.94. The Labute approximate surface area is 201 Å². The summed E-state index contributed by atoms with van der Waals surface area (Å²) in [7, 11) is 1.23. The molecule has 1 aromatic rings. The van der Waals surface area contributed by atoms with Crippen molar-refractivity contribution < 1.29 is 38.1 Å². The van der Waals surface area contributed by atoms with Gasteiger partial charge in [0.1, 0.15) is 5.54 Å². The molecular weight excluding hydrogens is 442 g/mol. The zero-order valence-electron chi connectivity index (χ0n) is 20.8. The number of esters is 4. The van der Waals surface area contributed by atoms with Crippen LogP contribution in [0.5, 0.6) is 11.5 Å². The second-order valence-electron chi connectivity index (χ2n) is 8.62. The van der Waals surface area contributed by atoms with E-state index in [0.717, 1.165) is 0 Å². The maximum absolute atomic E-state index is 12.5. The summed E-state index contributed by atoms with van der Waals surface area (Å²) in [5.41, 5.74) is 5.43. The summed E-state index contributed by atoms with van der Waals surface area (Å²) < 4.78 is 20.9. The topological polar surface area (TPSA) is 131 Å². The van der Waals surface area contributed by atoms with Crippen LogP contribution in [0.25, 0.3) is 0 Å². The van der Waals surface area contributed by atoms with Crippen molar-refractivity contribution in [1.82, 2.24) is 0 Å². The van der Waals surface area contributed by atoms with Gasteiger partial charge in [-0.3, -0.25) is 19.2 Å². The summed E-state index contributed by atoms with van der Waals surface area (Å²) in [4.78, 5) is 48.4. The SMILES string of the molecule is CCCC(=O)Oc1ccc(C[C@](N)(CCOC(=O)CC(C)C)C(=O)OC)cc1OC(=O)CCC. The summed E-state index contributed by atoms with van der Waals surface area (Å²) in [6.07, 6.45) is 1.92. The molecule has 1 rings (SSSR count). The second-order valence-corrected chi connectivity index (χ2v) is 8.62. The third-order valence-electron chi connectivity index (χ3n) is 4.86. The average molecular weight is 480 g/mol. The normalized spacial score (nSPS) is 12.6. The molecule has 2 N–H and O–H groups in total. The van der Waals surface area contributed by atoms with E-state index < -0.39 is 23.4 Å². The predicted molar refractivity (Wildman–Crippen MR) is 125 cm³/mol. The Kier molecular flexibility index (Phi) is 12.3. The molecule has 0 aliphatic rings. The molecule has 190 valence electrons. The van der Waals surface area contributed by atoms with Crippen LogP contribution in [0.3, 0.4) is 0 Å². The standard InChI is InChI=1S/C25H37NO8/c1-6-8-21(27)33-19-11-10-18(15-20(19)34-22(28)9-7-2)16-25(26,24(30)31-5)12-13-32-23(29)14-17(3)4/h10-11,15,17H,6-9,12-14,16,26H2,1-5H3/t25-/m1/s1. The van der Waals surface area contributed by atoms with Crippen molar-refractivity contribution >= 4 is 23.9 Å². The minimum absolute atomic E-state index is 0.0168. The second kappa shape index (κ2) is 14.3. The van der Waals surface area contributed by atoms with E-state index in [1.807, 2.05) is 27.7 Å². The fourth-order valence-electron chi connectivity index (χ4n) is 3.15. The Morgan fingerprint density at radius 1 is 0.941 bits per heavy atom. The summed E-state index contributed by atoms with van der Waals surface area (Å²) in [6, 6.07) is 4.64. The first-order valence-corrected chi connectivity index (χ1v) is 11.6. The van der Waals surface area contributed by atoms with Gasteiger partial charge in [0, 0.05) is 32.1 Å². The zero-order valence-corrected chi connectivity index (χ0v) is 20.8. The molecule has 0 heterocycles. The molecule has 34 heavy (non-hydrogen) atoms. The molecule has 0 aliphatic carbocycles. The highest BCUT2D eigenvalue weighted by Gasteiger charge is 2.36. The van der Waals surface area contributed by atoms with Gasteiger partial charge in [0.2, 0.25) is 0 Å². The van der Waals surface area contributed by atoms with E-state index in [1.54, 1.807) is 6.07 Å². The van der Waals surface area contributed by atoms with E-state index in [0.29, 0.717) is 18.4 Å². The van der Waals surface area contributed by atoms with E-state index in [1.165, 1.54) is 19.2 Å². The average Bonchev–Trinajstić information content (AvgIpc) is 2.74. The Balaban J connectivity index is 3.11. The van der Waals surface area contributed by atoms with Crippen molar-refractivity contribution in [2.45, 2.75) is 78.2 Å². The molecule has 1 aromatic carbocycles. The van der Waals surface area contributed by atoms with Crippen LogP contribution in [0.2, 0.25) is 0 Å². The van der Waals surface area contributed by atoms with Crippen molar-refractivity contribution in [3.63, 3.8) is 0 Å². The molecule has 0 aromatic heterocycles. The van der Waals surface area contributed by atoms with Gasteiger partial charge in [0.15, 0.2) is 11.5 Å². The van der Waals surface area contributed by atoms with E-state index in [-0.39, 0.29) is 62.1 Å². The number of hydrogen-bond acceptors (Lipinski definition) is 9. The molecule has 0 unspecified atom stereocenters. The number of carbonyl (C=O) groups excluding carboxylic acids is 4. The van der Waals surface area contributed by atoms with Crippen LogP contribution < -0.4 is 15.2 Å². The Morgan fingerprint density at radius 3 is 2.06 bits per heavy atom. The molecule has 0 saturated carbocycles. The predicted octanol–water partition coefficient (Wildman–Crippen LogP) is 3.49. The van der Waals surface area contributed by atoms with Crippen LogP contribution in [-0.4, -0.2) is 43.1 Å². The van der Waals surface area contributed by atoms with Crippen LogP contribution in [0.1, 0.15) is 71.8 Å². The van der Waals surface area contributed by atoms with E-state index in [4.69, 9.17) is 24.7 Å². The number of rotatable bonds is 14. The molecule has 9 nitrogen and oxygen atoms in total. The summed E-state index contributed by atoms with van der Waals surface area (Å²) in [6.45, 7) is 7.43. The molecule has 0 aliphatic heterocycles. The third kappa shape index (κ3) is 9.91. The monoisotopic (exact) mass is 479 g/mol. The van der Waals surface area contributed by atoms with Gasteiger partial charge in [-0.05, 0) is 36.5 Å². The van der Waals surface area contributed by atoms with Crippen molar-refractivity contribution in [2.75, 3.05) is 13.7 Å². The lowest BCUT2D eigenvalue weighted by Gasteiger charge is -2.27. The molecule has 1 atom stereocenters. The van der Waals surface area contributed by atoms with Gasteiger partial charge in [-0.15, -0.1) is 0 Å². The molecule has 0 amide bonds. The van der Waals surface area contributed by atoms with E-state index >= 15 is 0 Å². The molecule has 9 heteroatoms. The Morgan fingerprint density at radius 2 is 1.53 bits per heavy atom. The van der Waals surface area contributed by atoms with Gasteiger partial charge in [-0.2, -0.15) is 0 Å². The van der Waals surface area contributed by atoms with Crippen molar-refractivity contribution in [1.29, 1.82) is 0 Å². The first-order chi connectivity index (χ1) is 16.0. The minimum atomic E-state index is -1.49. The summed E-state index contributed by atoms with van der Waals surface area (Å²) in [5.74, 6) is -1.65. The van der Waals surface area contributed by atoms with Crippen LogP contribution in [0.4, 0.5) is 0 Å². The van der Waals surface area contributed by atoms with E-state index in [9.17, 15) is 19.2 Å². The first kappa shape index (κ1) is 29.1.